The zero-order valence-corrected chi connectivity index (χ0v) is 17.4. The van der Waals surface area contributed by atoms with Crippen LogP contribution in [0.5, 0.6) is 0 Å². The maximum absolute atomic E-state index is 13.3. The lowest BCUT2D eigenvalue weighted by Crippen LogP contribution is -2.40. The second kappa shape index (κ2) is 7.78. The predicted octanol–water partition coefficient (Wildman–Crippen LogP) is 3.19. The van der Waals surface area contributed by atoms with Gasteiger partial charge in [-0.25, -0.2) is 0 Å². The van der Waals surface area contributed by atoms with Gasteiger partial charge in [0.2, 0.25) is 5.91 Å². The van der Waals surface area contributed by atoms with Crippen LogP contribution < -0.4 is 5.32 Å². The Balaban J connectivity index is 1.76. The zero-order valence-electron chi connectivity index (χ0n) is 17.4. The molecule has 0 spiro atoms. The molecule has 1 N–H and O–H groups in total. The van der Waals surface area contributed by atoms with Crippen molar-refractivity contribution >= 4 is 29.0 Å². The molecule has 2 heterocycles. The van der Waals surface area contributed by atoms with Gasteiger partial charge in [0.05, 0.1) is 5.57 Å². The molecular formula is C24H25N3O3. The summed E-state index contributed by atoms with van der Waals surface area (Å²) in [5.74, 6) is -0.667. The van der Waals surface area contributed by atoms with E-state index in [-0.39, 0.29) is 23.8 Å². The van der Waals surface area contributed by atoms with E-state index in [0.29, 0.717) is 35.6 Å². The number of rotatable bonds is 4. The summed E-state index contributed by atoms with van der Waals surface area (Å²) in [5.41, 5.74) is 4.70. The topological polar surface area (TPSA) is 69.7 Å². The number of benzene rings is 2. The third kappa shape index (κ3) is 3.49. The molecule has 154 valence electrons. The van der Waals surface area contributed by atoms with Gasteiger partial charge in [-0.3, -0.25) is 19.3 Å². The van der Waals surface area contributed by atoms with Crippen LogP contribution in [0.2, 0.25) is 0 Å². The van der Waals surface area contributed by atoms with Crippen molar-refractivity contribution in [1.82, 2.24) is 9.80 Å². The van der Waals surface area contributed by atoms with Gasteiger partial charge < -0.3 is 10.2 Å². The fourth-order valence-electron chi connectivity index (χ4n) is 4.17. The van der Waals surface area contributed by atoms with E-state index in [9.17, 15) is 14.4 Å². The number of nitrogens with zero attached hydrogens (tertiary/aromatic N) is 2. The number of fused-ring (bicyclic) bond motifs is 1. The Kier molecular flexibility index (Phi) is 5.16. The summed E-state index contributed by atoms with van der Waals surface area (Å²) < 4.78 is 0. The lowest BCUT2D eigenvalue weighted by atomic mass is 9.97. The monoisotopic (exact) mass is 403 g/mol. The van der Waals surface area contributed by atoms with Gasteiger partial charge in [0.15, 0.2) is 0 Å². The van der Waals surface area contributed by atoms with Crippen LogP contribution in [0.1, 0.15) is 37.5 Å². The Hall–Kier alpha value is -3.41. The Labute approximate surface area is 176 Å². The average Bonchev–Trinajstić information content (AvgIpc) is 2.98. The summed E-state index contributed by atoms with van der Waals surface area (Å²) in [4.78, 5) is 41.2. The molecule has 2 aromatic rings. The SMILES string of the molecule is CC(=O)Nc1ccc(C2=C(N3CCc4ccccc4C3)C(=O)N(C(C)C)C2=O)cc1. The fourth-order valence-corrected chi connectivity index (χ4v) is 4.17. The Bertz CT molecular complexity index is 1050. The number of imide groups is 1. The molecule has 0 aromatic heterocycles. The first-order chi connectivity index (χ1) is 14.4. The fraction of sp³-hybridized carbons (Fsp3) is 0.292. The standard InChI is InChI=1S/C24H25N3O3/c1-15(2)27-23(29)21(18-8-10-20(11-9-18)25-16(3)28)22(24(27)30)26-13-12-17-6-4-5-7-19(17)14-26/h4-11,15H,12-14H2,1-3H3,(H,25,28). The van der Waals surface area contributed by atoms with Crippen LogP contribution in [-0.2, 0) is 27.3 Å². The van der Waals surface area contributed by atoms with Crippen molar-refractivity contribution in [3.05, 3.63) is 70.9 Å². The first kappa shape index (κ1) is 19.9. The number of nitrogens with one attached hydrogen (secondary N) is 1. The second-order valence-electron chi connectivity index (χ2n) is 8.00. The highest BCUT2D eigenvalue weighted by atomic mass is 16.2. The molecule has 0 saturated carbocycles. The van der Waals surface area contributed by atoms with E-state index in [4.69, 9.17) is 0 Å². The van der Waals surface area contributed by atoms with Crippen LogP contribution in [0.3, 0.4) is 0 Å². The highest BCUT2D eigenvalue weighted by molar-refractivity contribution is 6.35. The van der Waals surface area contributed by atoms with Gasteiger partial charge in [0.25, 0.3) is 11.8 Å². The van der Waals surface area contributed by atoms with Crippen LogP contribution in [0.25, 0.3) is 5.57 Å². The number of anilines is 1. The minimum atomic E-state index is -0.267. The van der Waals surface area contributed by atoms with Crippen molar-refractivity contribution in [3.63, 3.8) is 0 Å². The lowest BCUT2D eigenvalue weighted by molar-refractivity contribution is -0.139. The van der Waals surface area contributed by atoms with Crippen LogP contribution in [0.15, 0.2) is 54.2 Å². The van der Waals surface area contributed by atoms with Gasteiger partial charge in [-0.05, 0) is 49.1 Å². The van der Waals surface area contributed by atoms with Gasteiger partial charge in [-0.15, -0.1) is 0 Å². The van der Waals surface area contributed by atoms with Crippen molar-refractivity contribution in [1.29, 1.82) is 0 Å². The van der Waals surface area contributed by atoms with Gasteiger partial charge in [-0.1, -0.05) is 36.4 Å². The molecule has 30 heavy (non-hydrogen) atoms. The maximum atomic E-state index is 13.3. The molecular weight excluding hydrogens is 378 g/mol. The van der Waals surface area contributed by atoms with Gasteiger partial charge in [-0.2, -0.15) is 0 Å². The average molecular weight is 403 g/mol. The number of carbonyl (C=O) groups excluding carboxylic acids is 3. The van der Waals surface area contributed by atoms with E-state index in [1.165, 1.54) is 23.0 Å². The zero-order chi connectivity index (χ0) is 21.4. The number of hydrogen-bond acceptors (Lipinski definition) is 4. The molecule has 0 saturated heterocycles. The molecule has 0 radical (unpaired) electrons. The number of hydrogen-bond donors (Lipinski definition) is 1. The van der Waals surface area contributed by atoms with Crippen molar-refractivity contribution in [2.75, 3.05) is 11.9 Å². The molecule has 6 heteroatoms. The predicted molar refractivity (Wildman–Crippen MR) is 115 cm³/mol. The Morgan fingerprint density at radius 1 is 0.967 bits per heavy atom. The summed E-state index contributed by atoms with van der Waals surface area (Å²) in [6, 6.07) is 15.1. The molecule has 2 aromatic carbocycles. The normalized spacial score (nSPS) is 16.4. The Morgan fingerprint density at radius 3 is 2.27 bits per heavy atom. The smallest absolute Gasteiger partial charge is 0.278 e. The largest absolute Gasteiger partial charge is 0.362 e. The van der Waals surface area contributed by atoms with E-state index in [1.54, 1.807) is 24.3 Å². The molecule has 0 fully saturated rings. The third-order valence-electron chi connectivity index (χ3n) is 5.55. The van der Waals surface area contributed by atoms with Gasteiger partial charge >= 0.3 is 0 Å². The summed E-state index contributed by atoms with van der Waals surface area (Å²) in [6.45, 7) is 6.43. The van der Waals surface area contributed by atoms with Crippen LogP contribution in [-0.4, -0.2) is 40.1 Å². The molecule has 0 bridgehead atoms. The van der Waals surface area contributed by atoms with Crippen LogP contribution in [0.4, 0.5) is 5.69 Å². The van der Waals surface area contributed by atoms with Crippen molar-refractivity contribution in [3.8, 4) is 0 Å². The quantitative estimate of drug-likeness (QED) is 0.796. The van der Waals surface area contributed by atoms with E-state index in [0.717, 1.165) is 6.42 Å². The van der Waals surface area contributed by atoms with E-state index < -0.39 is 0 Å². The second-order valence-corrected chi connectivity index (χ2v) is 8.00. The molecule has 0 atom stereocenters. The molecule has 6 nitrogen and oxygen atoms in total. The maximum Gasteiger partial charge on any atom is 0.278 e. The molecule has 4 rings (SSSR count). The summed E-state index contributed by atoms with van der Waals surface area (Å²) in [6.07, 6.45) is 0.831. The highest BCUT2D eigenvalue weighted by Gasteiger charge is 2.43. The number of amides is 3. The lowest BCUT2D eigenvalue weighted by Gasteiger charge is -2.31. The summed E-state index contributed by atoms with van der Waals surface area (Å²) >= 11 is 0. The van der Waals surface area contributed by atoms with Crippen LogP contribution in [0, 0.1) is 0 Å². The highest BCUT2D eigenvalue weighted by Crippen LogP contribution is 2.35. The van der Waals surface area contributed by atoms with E-state index >= 15 is 0 Å². The van der Waals surface area contributed by atoms with Crippen molar-refractivity contribution in [2.24, 2.45) is 0 Å². The minimum absolute atomic E-state index is 0.159. The van der Waals surface area contributed by atoms with Crippen LogP contribution >= 0.6 is 0 Å². The van der Waals surface area contributed by atoms with Crippen molar-refractivity contribution in [2.45, 2.75) is 39.8 Å². The van der Waals surface area contributed by atoms with Gasteiger partial charge in [0.1, 0.15) is 5.70 Å². The minimum Gasteiger partial charge on any atom is -0.362 e. The number of carbonyl (C=O) groups is 3. The first-order valence-corrected chi connectivity index (χ1v) is 10.2. The summed E-state index contributed by atoms with van der Waals surface area (Å²) in [5, 5.41) is 2.73. The van der Waals surface area contributed by atoms with Gasteiger partial charge in [0, 0.05) is 31.7 Å². The molecule has 2 aliphatic rings. The molecule has 2 aliphatic heterocycles. The first-order valence-electron chi connectivity index (χ1n) is 10.2. The third-order valence-corrected chi connectivity index (χ3v) is 5.55. The van der Waals surface area contributed by atoms with Crippen molar-refractivity contribution < 1.29 is 14.4 Å². The molecule has 0 aliphatic carbocycles. The van der Waals surface area contributed by atoms with E-state index in [1.807, 2.05) is 30.9 Å². The molecule has 3 amide bonds. The van der Waals surface area contributed by atoms with E-state index in [2.05, 4.69) is 17.4 Å². The Morgan fingerprint density at radius 2 is 1.63 bits per heavy atom. The summed E-state index contributed by atoms with van der Waals surface area (Å²) in [7, 11) is 0. The molecule has 0 unspecified atom stereocenters.